The van der Waals surface area contributed by atoms with E-state index in [2.05, 4.69) is 16.5 Å². The predicted molar refractivity (Wildman–Crippen MR) is 63.4 cm³/mol. The maximum Gasteiger partial charge on any atom is 0.132 e. The smallest absolute Gasteiger partial charge is 0.132 e. The normalized spacial score (nSPS) is 10.4. The summed E-state index contributed by atoms with van der Waals surface area (Å²) in [5.74, 6) is 1.92. The number of hydrogen-bond acceptors (Lipinski definition) is 2. The van der Waals surface area contributed by atoms with Crippen LogP contribution in [0.15, 0.2) is 36.5 Å². The van der Waals surface area contributed by atoms with Crippen molar-refractivity contribution in [2.45, 2.75) is 27.0 Å². The van der Waals surface area contributed by atoms with E-state index in [1.807, 2.05) is 43.5 Å². The minimum absolute atomic E-state index is 0.526. The second kappa shape index (κ2) is 4.84. The number of nitrogens with zero attached hydrogens (tertiary/aromatic N) is 2. The molecule has 1 heterocycles. The van der Waals surface area contributed by atoms with Gasteiger partial charge >= 0.3 is 0 Å². The molecule has 0 fully saturated rings. The molecule has 1 aromatic carbocycles. The molecule has 1 aromatic heterocycles. The monoisotopic (exact) mass is 216 g/mol. The lowest BCUT2D eigenvalue weighted by Gasteiger charge is -2.02. The second-order valence-electron chi connectivity index (χ2n) is 3.67. The van der Waals surface area contributed by atoms with Crippen molar-refractivity contribution in [3.05, 3.63) is 48.0 Å². The summed E-state index contributed by atoms with van der Waals surface area (Å²) in [5, 5.41) is 0. The van der Waals surface area contributed by atoms with Gasteiger partial charge < -0.3 is 9.30 Å². The molecule has 0 aliphatic heterocycles. The molecule has 0 amide bonds. The van der Waals surface area contributed by atoms with Gasteiger partial charge in [-0.1, -0.05) is 18.2 Å². The molecule has 2 rings (SSSR count). The largest absolute Gasteiger partial charge is 0.487 e. The average molecular weight is 216 g/mol. The molecule has 0 atom stereocenters. The molecule has 0 bridgehead atoms. The Hall–Kier alpha value is -1.77. The van der Waals surface area contributed by atoms with Crippen molar-refractivity contribution in [1.82, 2.24) is 9.55 Å². The second-order valence-corrected chi connectivity index (χ2v) is 3.67. The molecule has 0 aliphatic rings. The first-order valence-corrected chi connectivity index (χ1v) is 5.50. The number of rotatable bonds is 4. The third-order valence-corrected chi connectivity index (χ3v) is 2.50. The van der Waals surface area contributed by atoms with Gasteiger partial charge in [0.2, 0.25) is 0 Å². The maximum atomic E-state index is 5.63. The summed E-state index contributed by atoms with van der Waals surface area (Å²) < 4.78 is 7.74. The molecule has 84 valence electrons. The summed E-state index contributed by atoms with van der Waals surface area (Å²) in [7, 11) is 0. The fourth-order valence-electron chi connectivity index (χ4n) is 1.64. The van der Waals surface area contributed by atoms with Gasteiger partial charge in [-0.15, -0.1) is 0 Å². The van der Waals surface area contributed by atoms with Crippen molar-refractivity contribution in [2.75, 3.05) is 0 Å². The van der Waals surface area contributed by atoms with Crippen LogP contribution in [0.2, 0.25) is 0 Å². The van der Waals surface area contributed by atoms with Gasteiger partial charge in [0.15, 0.2) is 0 Å². The molecule has 0 radical (unpaired) electrons. The van der Waals surface area contributed by atoms with Gasteiger partial charge in [0.05, 0.1) is 5.69 Å². The van der Waals surface area contributed by atoms with Crippen molar-refractivity contribution < 1.29 is 4.74 Å². The molecular formula is C13H16N2O. The first kappa shape index (κ1) is 10.7. The summed E-state index contributed by atoms with van der Waals surface area (Å²) in [5.41, 5.74) is 0.975. The zero-order chi connectivity index (χ0) is 11.4. The van der Waals surface area contributed by atoms with Crippen LogP contribution in [0.3, 0.4) is 0 Å². The standard InChI is InChI=1S/C13H16N2O/c1-3-15-9-12(14-11(15)2)10-16-13-7-5-4-6-8-13/h4-9H,3,10H2,1-2H3. The molecule has 0 unspecified atom stereocenters. The Morgan fingerprint density at radius 2 is 2.00 bits per heavy atom. The van der Waals surface area contributed by atoms with Crippen LogP contribution >= 0.6 is 0 Å². The lowest BCUT2D eigenvalue weighted by Crippen LogP contribution is -1.95. The molecule has 3 nitrogen and oxygen atoms in total. The third kappa shape index (κ3) is 2.42. The zero-order valence-corrected chi connectivity index (χ0v) is 9.68. The topological polar surface area (TPSA) is 27.1 Å². The van der Waals surface area contributed by atoms with Crippen molar-refractivity contribution in [3.63, 3.8) is 0 Å². The van der Waals surface area contributed by atoms with Gasteiger partial charge in [-0.3, -0.25) is 0 Å². The maximum absolute atomic E-state index is 5.63. The fourth-order valence-corrected chi connectivity index (χ4v) is 1.64. The molecule has 16 heavy (non-hydrogen) atoms. The predicted octanol–water partition coefficient (Wildman–Crippen LogP) is 2.79. The van der Waals surface area contributed by atoms with E-state index in [1.54, 1.807) is 0 Å². The van der Waals surface area contributed by atoms with Crippen LogP contribution < -0.4 is 4.74 Å². The SMILES string of the molecule is CCn1cc(COc2ccccc2)nc1C. The van der Waals surface area contributed by atoms with Crippen LogP contribution in [-0.2, 0) is 13.2 Å². The Morgan fingerprint density at radius 3 is 2.62 bits per heavy atom. The van der Waals surface area contributed by atoms with Crippen LogP contribution in [0.4, 0.5) is 0 Å². The third-order valence-electron chi connectivity index (χ3n) is 2.50. The number of imidazole rings is 1. The molecular weight excluding hydrogens is 200 g/mol. The van der Waals surface area contributed by atoms with Crippen LogP contribution in [0.1, 0.15) is 18.4 Å². The highest BCUT2D eigenvalue weighted by Crippen LogP contribution is 2.11. The number of hydrogen-bond donors (Lipinski definition) is 0. The van der Waals surface area contributed by atoms with Crippen LogP contribution in [0, 0.1) is 6.92 Å². The quantitative estimate of drug-likeness (QED) is 0.785. The summed E-state index contributed by atoms with van der Waals surface area (Å²) in [6.45, 7) is 5.59. The van der Waals surface area contributed by atoms with Crippen LogP contribution in [0.5, 0.6) is 5.75 Å². The first-order valence-electron chi connectivity index (χ1n) is 5.50. The van der Waals surface area contributed by atoms with Crippen molar-refractivity contribution >= 4 is 0 Å². The van der Waals surface area contributed by atoms with Gasteiger partial charge in [-0.25, -0.2) is 4.98 Å². The van der Waals surface area contributed by atoms with Crippen molar-refractivity contribution in [2.24, 2.45) is 0 Å². The Morgan fingerprint density at radius 1 is 1.25 bits per heavy atom. The highest BCUT2D eigenvalue weighted by molar-refractivity contribution is 5.21. The van der Waals surface area contributed by atoms with Crippen LogP contribution in [0.25, 0.3) is 0 Å². The number of benzene rings is 1. The van der Waals surface area contributed by atoms with E-state index in [-0.39, 0.29) is 0 Å². The van der Waals surface area contributed by atoms with Crippen molar-refractivity contribution in [1.29, 1.82) is 0 Å². The van der Waals surface area contributed by atoms with E-state index in [1.165, 1.54) is 0 Å². The minimum Gasteiger partial charge on any atom is -0.487 e. The Kier molecular flexibility index (Phi) is 3.25. The van der Waals surface area contributed by atoms with Gasteiger partial charge in [0.1, 0.15) is 18.2 Å². The van der Waals surface area contributed by atoms with Gasteiger partial charge in [0, 0.05) is 12.7 Å². The molecule has 0 N–H and O–H groups in total. The van der Waals surface area contributed by atoms with Crippen LogP contribution in [-0.4, -0.2) is 9.55 Å². The van der Waals surface area contributed by atoms with E-state index in [0.29, 0.717) is 6.61 Å². The number of ether oxygens (including phenoxy) is 1. The molecule has 2 aromatic rings. The van der Waals surface area contributed by atoms with Gasteiger partial charge in [0.25, 0.3) is 0 Å². The summed E-state index contributed by atoms with van der Waals surface area (Å²) in [6, 6.07) is 9.80. The molecule has 0 aliphatic carbocycles. The molecule has 0 spiro atoms. The average Bonchev–Trinajstić information content (AvgIpc) is 2.69. The van der Waals surface area contributed by atoms with Gasteiger partial charge in [-0.2, -0.15) is 0 Å². The highest BCUT2D eigenvalue weighted by Gasteiger charge is 2.02. The number of para-hydroxylation sites is 1. The first-order chi connectivity index (χ1) is 7.79. The van der Waals surface area contributed by atoms with Crippen molar-refractivity contribution in [3.8, 4) is 5.75 Å². The summed E-state index contributed by atoms with van der Waals surface area (Å²) >= 11 is 0. The minimum atomic E-state index is 0.526. The highest BCUT2D eigenvalue weighted by atomic mass is 16.5. The number of aryl methyl sites for hydroxylation is 2. The Balaban J connectivity index is 2.00. The molecule has 0 saturated carbocycles. The van der Waals surface area contributed by atoms with E-state index in [0.717, 1.165) is 23.8 Å². The van der Waals surface area contributed by atoms with E-state index < -0.39 is 0 Å². The lowest BCUT2D eigenvalue weighted by atomic mass is 10.3. The lowest BCUT2D eigenvalue weighted by molar-refractivity contribution is 0.301. The summed E-state index contributed by atoms with van der Waals surface area (Å²) in [6.07, 6.45) is 2.04. The van der Waals surface area contributed by atoms with E-state index >= 15 is 0 Å². The Labute approximate surface area is 95.7 Å². The van der Waals surface area contributed by atoms with E-state index in [9.17, 15) is 0 Å². The number of aromatic nitrogens is 2. The molecule has 3 heteroatoms. The molecule has 0 saturated heterocycles. The Bertz CT molecular complexity index is 448. The summed E-state index contributed by atoms with van der Waals surface area (Å²) in [4.78, 5) is 4.43. The fraction of sp³-hybridized carbons (Fsp3) is 0.308. The zero-order valence-electron chi connectivity index (χ0n) is 9.68. The van der Waals surface area contributed by atoms with E-state index in [4.69, 9.17) is 4.74 Å². The van der Waals surface area contributed by atoms with Gasteiger partial charge in [-0.05, 0) is 26.0 Å².